The van der Waals surface area contributed by atoms with E-state index < -0.39 is 0 Å². The van der Waals surface area contributed by atoms with Crippen LogP contribution in [-0.4, -0.2) is 27.5 Å². The van der Waals surface area contributed by atoms with Gasteiger partial charge in [0, 0.05) is 34.1 Å². The van der Waals surface area contributed by atoms with Crippen molar-refractivity contribution in [1.29, 1.82) is 0 Å². The van der Waals surface area contributed by atoms with Crippen molar-refractivity contribution in [2.45, 2.75) is 0 Å². The van der Waals surface area contributed by atoms with Gasteiger partial charge >= 0.3 is 10.1 Å². The van der Waals surface area contributed by atoms with Gasteiger partial charge in [-0.3, -0.25) is 0 Å². The van der Waals surface area contributed by atoms with Gasteiger partial charge in [-0.2, -0.15) is 0 Å². The molecule has 0 aromatic heterocycles. The Morgan fingerprint density at radius 3 is 1.25 bits per heavy atom. The van der Waals surface area contributed by atoms with Gasteiger partial charge in [-0.1, -0.05) is 0 Å². The second-order valence-electron chi connectivity index (χ2n) is 0. The van der Waals surface area contributed by atoms with E-state index in [0.717, 1.165) is 0 Å². The topological polar surface area (TPSA) is 0 Å². The van der Waals surface area contributed by atoms with E-state index in [4.69, 9.17) is 0 Å². The first-order valence-corrected chi connectivity index (χ1v) is 0. The Hall–Kier alpha value is 1.74. The third-order valence-electron chi connectivity index (χ3n) is 0. The van der Waals surface area contributed by atoms with Crippen molar-refractivity contribution < 1.29 is 37.0 Å². The van der Waals surface area contributed by atoms with Crippen LogP contribution in [0.15, 0.2) is 0 Å². The average Bonchev–Trinajstić information content (AvgIpc) is 0. The Morgan fingerprint density at radius 1 is 1.25 bits per heavy atom. The Labute approximate surface area is 64.4 Å². The molecule has 0 saturated carbocycles. The Balaban J connectivity index is 0. The maximum absolute atomic E-state index is 0. The van der Waals surface area contributed by atoms with E-state index in [0.29, 0.717) is 0 Å². The Bertz CT molecular complexity index is 13.5. The molecule has 0 bridgehead atoms. The minimum Gasteiger partial charge on any atom is -1.00 e. The molecule has 0 aromatic rings. The van der Waals surface area contributed by atoms with Crippen molar-refractivity contribution in [2.24, 2.45) is 0 Å². The second-order valence-corrected chi connectivity index (χ2v) is 0. The predicted molar refractivity (Wildman–Crippen MR) is 17.9 cm³/mol. The quantitative estimate of drug-likeness (QED) is 0.384. The van der Waals surface area contributed by atoms with E-state index in [9.17, 15) is 0 Å². The van der Waals surface area contributed by atoms with Gasteiger partial charge in [0.25, 0.3) is 0 Å². The largest absolute Gasteiger partial charge is 2.00 e. The molecular formula is H5AlBeCuMn. The molecule has 4 heavy (non-hydrogen) atoms. The number of rotatable bonds is 0. The van der Waals surface area contributed by atoms with Crippen molar-refractivity contribution in [1.82, 2.24) is 0 Å². The zero-order chi connectivity index (χ0) is 0. The standard InChI is InChI=1S/Al.Be.Cu.Mn.5H/q;+2;;;;;;2*-1. The summed E-state index contributed by atoms with van der Waals surface area (Å²) in [6.45, 7) is 0. The molecule has 0 amide bonds. The summed E-state index contributed by atoms with van der Waals surface area (Å²) in [6.07, 6.45) is 0. The molecule has 0 atom stereocenters. The Morgan fingerprint density at radius 2 is 1.25 bits per heavy atom. The van der Waals surface area contributed by atoms with Crippen LogP contribution in [0.2, 0.25) is 0 Å². The summed E-state index contributed by atoms with van der Waals surface area (Å²) in [7, 11) is 0. The minimum absolute atomic E-state index is 0. The summed E-state index contributed by atoms with van der Waals surface area (Å²) >= 11 is 0. The van der Waals surface area contributed by atoms with Gasteiger partial charge in [-0.15, -0.1) is 0 Å². The first kappa shape index (κ1) is 42.6. The van der Waals surface area contributed by atoms with Crippen LogP contribution in [0.1, 0.15) is 2.85 Å². The summed E-state index contributed by atoms with van der Waals surface area (Å²) < 4.78 is 0. The third-order valence-corrected chi connectivity index (χ3v) is 0. The van der Waals surface area contributed by atoms with Crippen LogP contribution < -0.4 is 0 Å². The van der Waals surface area contributed by atoms with Gasteiger partial charge in [0.2, 0.25) is 0 Å². The first-order valence-electron chi connectivity index (χ1n) is 0. The van der Waals surface area contributed by atoms with Crippen molar-refractivity contribution in [3.8, 4) is 0 Å². The van der Waals surface area contributed by atoms with Crippen molar-refractivity contribution >= 4 is 27.5 Å². The molecule has 0 saturated heterocycles. The number of hydrogen-bond donors (Lipinski definition) is 0. The second kappa shape index (κ2) is 21.9. The molecule has 0 aliphatic heterocycles. The molecule has 0 unspecified atom stereocenters. The summed E-state index contributed by atoms with van der Waals surface area (Å²) in [5.41, 5.74) is 0. The van der Waals surface area contributed by atoms with E-state index in [1.807, 2.05) is 0 Å². The van der Waals surface area contributed by atoms with Crippen LogP contribution in [0.4, 0.5) is 0 Å². The predicted octanol–water partition coefficient (Wildman–Crippen LogP) is -1.34. The van der Waals surface area contributed by atoms with Crippen LogP contribution in [-0.2, 0) is 34.1 Å². The van der Waals surface area contributed by atoms with Gasteiger partial charge in [0.15, 0.2) is 17.4 Å². The molecule has 0 nitrogen and oxygen atoms in total. The minimum atomic E-state index is 0. The molecule has 0 heterocycles. The zero-order valence-corrected chi connectivity index (χ0v) is 3.51. The summed E-state index contributed by atoms with van der Waals surface area (Å²) in [5, 5.41) is 0. The monoisotopic (exact) mass is 159 g/mol. The first-order chi connectivity index (χ1) is 0. The molecule has 0 fully saturated rings. The maximum atomic E-state index is 0. The van der Waals surface area contributed by atoms with Gasteiger partial charge in [-0.05, 0) is 0 Å². The van der Waals surface area contributed by atoms with Gasteiger partial charge < -0.3 is 2.85 Å². The maximum Gasteiger partial charge on any atom is 2.00 e. The fourth-order valence-corrected chi connectivity index (χ4v) is 0. The van der Waals surface area contributed by atoms with Gasteiger partial charge in [0.1, 0.15) is 0 Å². The molecule has 28 valence electrons. The molecular weight excluding hydrogens is 154 g/mol. The SMILES string of the molecule is [AlH3].[Be+2].[Cu].[H-].[H-].[Mn]. The molecule has 4 heteroatoms. The van der Waals surface area contributed by atoms with Crippen LogP contribution in [0.3, 0.4) is 0 Å². The summed E-state index contributed by atoms with van der Waals surface area (Å²) in [6, 6.07) is 0. The van der Waals surface area contributed by atoms with E-state index in [1.165, 1.54) is 0 Å². The van der Waals surface area contributed by atoms with E-state index in [1.54, 1.807) is 0 Å². The Kier molecular flexibility index (Phi) is 233. The molecule has 2 radical (unpaired) electrons. The smallest absolute Gasteiger partial charge is 1.00 e. The molecule has 0 aromatic carbocycles. The van der Waals surface area contributed by atoms with Crippen LogP contribution in [0.5, 0.6) is 0 Å². The van der Waals surface area contributed by atoms with Gasteiger partial charge in [-0.25, -0.2) is 0 Å². The fourth-order valence-electron chi connectivity index (χ4n) is 0. The number of hydrogen-bond acceptors (Lipinski definition) is 0. The zero-order valence-electron chi connectivity index (χ0n) is 3.39. The normalized spacial score (nSPS) is 0. The van der Waals surface area contributed by atoms with Crippen LogP contribution >= 0.6 is 0 Å². The van der Waals surface area contributed by atoms with Crippen LogP contribution in [0.25, 0.3) is 0 Å². The van der Waals surface area contributed by atoms with E-state index in [-0.39, 0.29) is 64.5 Å². The van der Waals surface area contributed by atoms with Crippen molar-refractivity contribution in [2.75, 3.05) is 0 Å². The van der Waals surface area contributed by atoms with Crippen molar-refractivity contribution in [3.63, 3.8) is 0 Å². The summed E-state index contributed by atoms with van der Waals surface area (Å²) in [5.74, 6) is 0. The molecule has 0 N–H and O–H groups in total. The third kappa shape index (κ3) is 9.27. The molecule has 0 aliphatic rings. The average molecular weight is 160 g/mol. The summed E-state index contributed by atoms with van der Waals surface area (Å²) in [4.78, 5) is 0. The van der Waals surface area contributed by atoms with Gasteiger partial charge in [0.05, 0.1) is 0 Å². The van der Waals surface area contributed by atoms with Crippen LogP contribution in [0, 0.1) is 0 Å². The molecule has 0 aliphatic carbocycles. The van der Waals surface area contributed by atoms with E-state index >= 15 is 0 Å². The van der Waals surface area contributed by atoms with Crippen molar-refractivity contribution in [3.05, 3.63) is 0 Å². The van der Waals surface area contributed by atoms with E-state index in [2.05, 4.69) is 0 Å². The molecule has 0 spiro atoms. The molecule has 0 rings (SSSR count). The fraction of sp³-hybridized carbons (Fsp3) is 0.